The molecule has 2 aromatic carbocycles. The zero-order chi connectivity index (χ0) is 21.0. The van der Waals surface area contributed by atoms with Gasteiger partial charge in [-0.2, -0.15) is 4.68 Å². The van der Waals surface area contributed by atoms with Crippen LogP contribution in [0.4, 0.5) is 10.5 Å². The Morgan fingerprint density at radius 1 is 1.17 bits per heavy atom. The van der Waals surface area contributed by atoms with Gasteiger partial charge in [0.15, 0.2) is 0 Å². The number of carbonyl (C=O) groups is 1. The van der Waals surface area contributed by atoms with Crippen LogP contribution >= 0.6 is 0 Å². The molecular weight excluding hydrogens is 374 g/mol. The van der Waals surface area contributed by atoms with Gasteiger partial charge in [0.25, 0.3) is 0 Å². The molecule has 1 amide bonds. The van der Waals surface area contributed by atoms with Crippen LogP contribution in [0.25, 0.3) is 5.69 Å². The predicted molar refractivity (Wildman–Crippen MR) is 107 cm³/mol. The van der Waals surface area contributed by atoms with Crippen molar-refractivity contribution in [1.29, 1.82) is 0 Å². The van der Waals surface area contributed by atoms with Crippen LogP contribution in [0.3, 0.4) is 0 Å². The fourth-order valence-corrected chi connectivity index (χ4v) is 2.52. The van der Waals surface area contributed by atoms with Crippen LogP contribution in [0, 0.1) is 6.92 Å². The number of hydrogen-bond acceptors (Lipinski definition) is 6. The Labute approximate surface area is 168 Å². The van der Waals surface area contributed by atoms with Gasteiger partial charge in [0.2, 0.25) is 0 Å². The van der Waals surface area contributed by atoms with Gasteiger partial charge in [-0.05, 0) is 57.0 Å². The molecule has 29 heavy (non-hydrogen) atoms. The number of anilines is 1. The maximum absolute atomic E-state index is 12.1. The normalized spacial score (nSPS) is 11.2. The highest BCUT2D eigenvalue weighted by Crippen LogP contribution is 2.20. The summed E-state index contributed by atoms with van der Waals surface area (Å²) in [5.41, 5.74) is 2.14. The van der Waals surface area contributed by atoms with E-state index in [1.54, 1.807) is 25.1 Å². The molecule has 0 atom stereocenters. The van der Waals surface area contributed by atoms with Crippen molar-refractivity contribution in [3.8, 4) is 11.8 Å². The van der Waals surface area contributed by atoms with Crippen molar-refractivity contribution in [1.82, 2.24) is 9.78 Å². The molecule has 1 heterocycles. The van der Waals surface area contributed by atoms with Crippen LogP contribution in [0.15, 0.2) is 57.7 Å². The molecule has 0 aliphatic heterocycles. The predicted octanol–water partition coefficient (Wildman–Crippen LogP) is 4.06. The molecule has 3 aromatic rings. The number of ether oxygens (including phenoxy) is 2. The number of aromatic nitrogens is 2. The molecule has 3 rings (SSSR count). The van der Waals surface area contributed by atoms with Gasteiger partial charge in [-0.15, -0.1) is 0 Å². The van der Waals surface area contributed by atoms with Gasteiger partial charge in [0.1, 0.15) is 12.2 Å². The molecule has 1 N–H and O–H groups in total. The van der Waals surface area contributed by atoms with Gasteiger partial charge in [0.05, 0.1) is 5.69 Å². The number of benzene rings is 2. The van der Waals surface area contributed by atoms with Gasteiger partial charge in [-0.25, -0.2) is 9.59 Å². The summed E-state index contributed by atoms with van der Waals surface area (Å²) in [6, 6.07) is 14.4. The Hall–Kier alpha value is -3.55. The molecule has 0 saturated carbocycles. The van der Waals surface area contributed by atoms with E-state index in [1.165, 1.54) is 0 Å². The van der Waals surface area contributed by atoms with Crippen molar-refractivity contribution in [2.75, 3.05) is 5.32 Å². The van der Waals surface area contributed by atoms with Crippen LogP contribution in [0.2, 0.25) is 0 Å². The van der Waals surface area contributed by atoms with E-state index in [4.69, 9.17) is 13.9 Å². The van der Waals surface area contributed by atoms with E-state index in [2.05, 4.69) is 10.4 Å². The van der Waals surface area contributed by atoms with E-state index >= 15 is 0 Å². The Kier molecular flexibility index (Phi) is 5.72. The standard InChI is InChI=1S/C21H23N3O5/c1-14-12-16(24-20(26)28-19(23-24)29-21(2,3)4)10-11-17(14)22-18(25)27-13-15-8-6-5-7-9-15/h5-12H,13H2,1-4H3,(H,22,25). The SMILES string of the molecule is Cc1cc(-n2nc(OC(C)(C)C)oc2=O)ccc1NC(=O)OCc1ccccc1. The molecular formula is C21H23N3O5. The van der Waals surface area contributed by atoms with E-state index in [0.717, 1.165) is 15.8 Å². The van der Waals surface area contributed by atoms with Gasteiger partial charge in [0, 0.05) is 5.69 Å². The fourth-order valence-electron chi connectivity index (χ4n) is 2.52. The van der Waals surface area contributed by atoms with Crippen molar-refractivity contribution in [3.05, 3.63) is 70.2 Å². The van der Waals surface area contributed by atoms with Crippen LogP contribution in [0.1, 0.15) is 31.9 Å². The molecule has 152 valence electrons. The van der Waals surface area contributed by atoms with E-state index in [9.17, 15) is 9.59 Å². The molecule has 0 aliphatic carbocycles. The molecule has 8 heteroatoms. The minimum atomic E-state index is -0.661. The first-order chi connectivity index (χ1) is 13.7. The lowest BCUT2D eigenvalue weighted by molar-refractivity contribution is 0.0853. The van der Waals surface area contributed by atoms with Gasteiger partial charge >= 0.3 is 17.9 Å². The minimum Gasteiger partial charge on any atom is -0.444 e. The molecule has 0 aliphatic rings. The number of hydrogen-bond donors (Lipinski definition) is 1. The first-order valence-electron chi connectivity index (χ1n) is 9.09. The fraction of sp³-hybridized carbons (Fsp3) is 0.286. The zero-order valence-electron chi connectivity index (χ0n) is 16.8. The van der Waals surface area contributed by atoms with Crippen LogP contribution in [0.5, 0.6) is 6.08 Å². The van der Waals surface area contributed by atoms with Crippen molar-refractivity contribution in [2.24, 2.45) is 0 Å². The highest BCUT2D eigenvalue weighted by molar-refractivity contribution is 5.85. The molecule has 0 bridgehead atoms. The lowest BCUT2D eigenvalue weighted by atomic mass is 10.2. The summed E-state index contributed by atoms with van der Waals surface area (Å²) in [7, 11) is 0. The number of nitrogens with one attached hydrogen (secondary N) is 1. The second-order valence-electron chi connectivity index (χ2n) is 7.45. The molecule has 0 saturated heterocycles. The van der Waals surface area contributed by atoms with Crippen molar-refractivity contribution < 1.29 is 18.7 Å². The second-order valence-corrected chi connectivity index (χ2v) is 7.45. The smallest absolute Gasteiger partial charge is 0.444 e. The van der Waals surface area contributed by atoms with Crippen LogP contribution in [-0.2, 0) is 11.3 Å². The Balaban J connectivity index is 1.69. The molecule has 8 nitrogen and oxygen atoms in total. The Morgan fingerprint density at radius 2 is 1.90 bits per heavy atom. The highest BCUT2D eigenvalue weighted by Gasteiger charge is 2.19. The summed E-state index contributed by atoms with van der Waals surface area (Å²) in [6.45, 7) is 7.46. The molecule has 0 radical (unpaired) electrons. The highest BCUT2D eigenvalue weighted by atomic mass is 16.6. The second kappa shape index (κ2) is 8.22. The molecule has 0 fully saturated rings. The summed E-state index contributed by atoms with van der Waals surface area (Å²) in [6.07, 6.45) is -0.670. The topological polar surface area (TPSA) is 95.6 Å². The van der Waals surface area contributed by atoms with E-state index in [-0.39, 0.29) is 12.7 Å². The minimum absolute atomic E-state index is 0.105. The van der Waals surface area contributed by atoms with Crippen molar-refractivity contribution in [3.63, 3.8) is 0 Å². The van der Waals surface area contributed by atoms with E-state index < -0.39 is 17.5 Å². The van der Waals surface area contributed by atoms with E-state index in [0.29, 0.717) is 11.4 Å². The number of amides is 1. The van der Waals surface area contributed by atoms with Gasteiger partial charge < -0.3 is 13.9 Å². The summed E-state index contributed by atoms with van der Waals surface area (Å²) in [5, 5.41) is 6.76. The molecule has 1 aromatic heterocycles. The maximum Gasteiger partial charge on any atom is 0.444 e. The summed E-state index contributed by atoms with van der Waals surface area (Å²) in [5.74, 6) is -0.661. The number of carbonyl (C=O) groups excluding carboxylic acids is 1. The van der Waals surface area contributed by atoms with E-state index in [1.807, 2.05) is 51.1 Å². The summed E-state index contributed by atoms with van der Waals surface area (Å²) < 4.78 is 16.8. The third kappa shape index (κ3) is 5.47. The monoisotopic (exact) mass is 397 g/mol. The average Bonchev–Trinajstić information content (AvgIpc) is 3.01. The van der Waals surface area contributed by atoms with Crippen molar-refractivity contribution >= 4 is 11.8 Å². The van der Waals surface area contributed by atoms with Crippen LogP contribution in [-0.4, -0.2) is 21.5 Å². The summed E-state index contributed by atoms with van der Waals surface area (Å²) >= 11 is 0. The number of aryl methyl sites for hydroxylation is 1. The number of rotatable bonds is 5. The Bertz CT molecular complexity index is 1050. The average molecular weight is 397 g/mol. The van der Waals surface area contributed by atoms with Gasteiger partial charge in [-0.1, -0.05) is 35.4 Å². The quantitative estimate of drug-likeness (QED) is 0.697. The summed E-state index contributed by atoms with van der Waals surface area (Å²) in [4.78, 5) is 24.1. The first kappa shape index (κ1) is 20.2. The molecule has 0 spiro atoms. The van der Waals surface area contributed by atoms with Crippen LogP contribution < -0.4 is 15.8 Å². The van der Waals surface area contributed by atoms with Gasteiger partial charge in [-0.3, -0.25) is 5.32 Å². The third-order valence-electron chi connectivity index (χ3n) is 3.83. The third-order valence-corrected chi connectivity index (χ3v) is 3.83. The zero-order valence-corrected chi connectivity index (χ0v) is 16.8. The lowest BCUT2D eigenvalue weighted by Crippen LogP contribution is -2.23. The first-order valence-corrected chi connectivity index (χ1v) is 9.09. The number of nitrogens with zero attached hydrogens (tertiary/aromatic N) is 2. The lowest BCUT2D eigenvalue weighted by Gasteiger charge is -2.16. The van der Waals surface area contributed by atoms with Crippen molar-refractivity contribution in [2.45, 2.75) is 39.9 Å². The maximum atomic E-state index is 12.1. The Morgan fingerprint density at radius 3 is 2.55 bits per heavy atom. The largest absolute Gasteiger partial charge is 0.444 e. The molecule has 0 unspecified atom stereocenters.